The van der Waals surface area contributed by atoms with Gasteiger partial charge < -0.3 is 0 Å². The average molecular weight is 1540 g/mol. The Morgan fingerprint density at radius 2 is 0.537 bits per heavy atom. The zero-order valence-electron chi connectivity index (χ0n) is 55.6. The second kappa shape index (κ2) is 57.3. The van der Waals surface area contributed by atoms with E-state index in [2.05, 4.69) is 121 Å². The monoisotopic (exact) mass is 1540 g/mol. The maximum absolute atomic E-state index is 12.0. The molecule has 0 N–H and O–H groups in total. The first-order chi connectivity index (χ1) is 46.1. The second-order valence-electron chi connectivity index (χ2n) is 18.8. The molecule has 0 unspecified atom stereocenters. The fourth-order valence-electron chi connectivity index (χ4n) is 7.14. The van der Waals surface area contributed by atoms with Gasteiger partial charge in [-0.25, -0.2) is 0 Å². The molecular weight excluding hydrogens is 1450 g/mol. The van der Waals surface area contributed by atoms with Crippen LogP contribution in [-0.4, -0.2) is 20.7 Å². The first-order valence-corrected chi connectivity index (χ1v) is 38.0. The van der Waals surface area contributed by atoms with Crippen molar-refractivity contribution in [3.63, 3.8) is 0 Å². The number of carbonyl (C=O) groups excluding carboxylic acids is 3. The standard InChI is InChI=1S/C15H14OS.C14H11BrOS.C14H12OS.C8H10S.C7H8S.3C6H6S.C2H5Br.2C2H6/c1-2-12-8-6-7-11-14(12)17-15(16)13-9-4-3-5-10-13;15-10-12-8-4-5-9-13(12)17-14(16)11-6-2-1-3-7-11;1-11-7-5-6-10-13(11)16-14(15)12-8-3-2-4-9-12;1-2-7-5-3-4-6-8(7)9;1-6-4-2-3-5-7(6)8;3*7-6-4-2-1-3-5-6;1-2-3;2*1-2/h3-11H,2H2,1H3;1-9H,10H2;2-10H,1H3;3-6,9H,2H2,1H3;2-5,8H,1H3;3*1-5,7H;2H2,1H3;2*1-2H3. The van der Waals surface area contributed by atoms with Gasteiger partial charge in [0.15, 0.2) is 0 Å². The highest BCUT2D eigenvalue weighted by molar-refractivity contribution is 9.09. The summed E-state index contributed by atoms with van der Waals surface area (Å²) in [5.41, 5.74) is 8.29. The van der Waals surface area contributed by atoms with E-state index in [4.69, 9.17) is 0 Å². The Balaban J connectivity index is 0.000000549. The number of hydrogen-bond donors (Lipinski definition) is 5. The Hall–Kier alpha value is -5.81. The molecule has 0 heterocycles. The fraction of sp³-hybridized carbons (Fsp3) is 0.159. The number of aryl methyl sites for hydroxylation is 4. The zero-order chi connectivity index (χ0) is 70.3. The van der Waals surface area contributed by atoms with Crippen molar-refractivity contribution >= 4 is 146 Å². The van der Waals surface area contributed by atoms with Gasteiger partial charge >= 0.3 is 0 Å². The number of alkyl halides is 2. The topological polar surface area (TPSA) is 51.2 Å². The summed E-state index contributed by atoms with van der Waals surface area (Å²) in [4.78, 5) is 44.3. The fourth-order valence-corrected chi connectivity index (χ4v) is 11.5. The molecule has 0 aliphatic carbocycles. The minimum absolute atomic E-state index is 0.0824. The van der Waals surface area contributed by atoms with Crippen LogP contribution in [0.3, 0.4) is 0 Å². The third-order valence-electron chi connectivity index (χ3n) is 12.0. The molecule has 0 saturated heterocycles. The molecule has 0 bridgehead atoms. The molecule has 0 fully saturated rings. The van der Waals surface area contributed by atoms with Crippen LogP contribution in [0.25, 0.3) is 0 Å². The Kier molecular flexibility index (Phi) is 52.6. The number of benzene rings is 11. The Morgan fingerprint density at radius 1 is 0.295 bits per heavy atom. The molecule has 3 nitrogen and oxygen atoms in total. The molecule has 0 atom stereocenters. The number of thioether (sulfide) groups is 3. The van der Waals surface area contributed by atoms with Crippen molar-refractivity contribution in [1.82, 2.24) is 0 Å². The van der Waals surface area contributed by atoms with E-state index in [-0.39, 0.29) is 15.3 Å². The van der Waals surface area contributed by atoms with Gasteiger partial charge in [0.25, 0.3) is 0 Å². The van der Waals surface area contributed by atoms with Crippen LogP contribution in [0.15, 0.2) is 342 Å². The molecule has 0 saturated carbocycles. The van der Waals surface area contributed by atoms with Gasteiger partial charge in [-0.05, 0) is 157 Å². The van der Waals surface area contributed by atoms with Crippen molar-refractivity contribution in [2.24, 2.45) is 0 Å². The quantitative estimate of drug-likeness (QED) is 0.0564. The molecule has 13 heteroatoms. The molecule has 0 aliphatic heterocycles. The third kappa shape index (κ3) is 40.5. The van der Waals surface area contributed by atoms with Crippen molar-refractivity contribution in [1.29, 1.82) is 0 Å². The highest BCUT2D eigenvalue weighted by atomic mass is 79.9. The van der Waals surface area contributed by atoms with Gasteiger partial charge in [0, 0.05) is 66.5 Å². The summed E-state index contributed by atoms with van der Waals surface area (Å²) in [6.07, 6.45) is 2.02. The molecular formula is C82H90Br2O3S8. The van der Waals surface area contributed by atoms with Crippen molar-refractivity contribution < 1.29 is 14.4 Å². The lowest BCUT2D eigenvalue weighted by Crippen LogP contribution is -1.94. The minimum Gasteiger partial charge on any atom is -0.281 e. The number of carbonyl (C=O) groups is 3. The van der Waals surface area contributed by atoms with E-state index in [0.717, 1.165) is 90.5 Å². The first kappa shape index (κ1) is 87.2. The Labute approximate surface area is 626 Å². The number of hydrogen-bond acceptors (Lipinski definition) is 11. The second-order valence-corrected chi connectivity index (χ2v) is 26.0. The van der Waals surface area contributed by atoms with E-state index >= 15 is 0 Å². The molecule has 498 valence electrons. The first-order valence-electron chi connectivity index (χ1n) is 31.0. The van der Waals surface area contributed by atoms with Gasteiger partial charge in [0.1, 0.15) is 0 Å². The maximum Gasteiger partial charge on any atom is 0.224 e. The van der Waals surface area contributed by atoms with Crippen LogP contribution >= 0.6 is 130 Å². The van der Waals surface area contributed by atoms with Crippen molar-refractivity contribution in [2.75, 3.05) is 5.33 Å². The molecule has 11 rings (SSSR count). The van der Waals surface area contributed by atoms with Gasteiger partial charge in [0.2, 0.25) is 15.3 Å². The summed E-state index contributed by atoms with van der Waals surface area (Å²) in [7, 11) is 0. The van der Waals surface area contributed by atoms with E-state index in [1.807, 2.05) is 340 Å². The Bertz CT molecular complexity index is 3510. The summed E-state index contributed by atoms with van der Waals surface area (Å²) >= 11 is 31.2. The average Bonchev–Trinajstić information content (AvgIpc) is 1.55. The number of halogens is 2. The van der Waals surface area contributed by atoms with Crippen molar-refractivity contribution in [3.8, 4) is 0 Å². The largest absolute Gasteiger partial charge is 0.281 e. The van der Waals surface area contributed by atoms with Crippen LogP contribution in [-0.2, 0) is 18.2 Å². The normalized spacial score (nSPS) is 9.26. The van der Waals surface area contributed by atoms with E-state index < -0.39 is 0 Å². The molecule has 0 radical (unpaired) electrons. The van der Waals surface area contributed by atoms with Gasteiger partial charge in [0.05, 0.1) is 0 Å². The van der Waals surface area contributed by atoms with Crippen molar-refractivity contribution in [2.45, 2.75) is 120 Å². The predicted molar refractivity (Wildman–Crippen MR) is 441 cm³/mol. The molecule has 0 amide bonds. The predicted octanol–water partition coefficient (Wildman–Crippen LogP) is 26.8. The summed E-state index contributed by atoms with van der Waals surface area (Å²) in [6.45, 7) is 18.3. The van der Waals surface area contributed by atoms with Crippen LogP contribution < -0.4 is 0 Å². The SMILES string of the molecule is CC.CC.CCBr.CCc1ccccc1S.CCc1ccccc1SC(=O)c1ccccc1.Cc1ccccc1S.Cc1ccccc1SC(=O)c1ccccc1.O=C(Sc1ccccc1CBr)c1ccccc1.Sc1ccccc1.Sc1ccccc1.Sc1ccccc1. The maximum atomic E-state index is 12.0. The smallest absolute Gasteiger partial charge is 0.224 e. The van der Waals surface area contributed by atoms with E-state index in [1.165, 1.54) is 52.0 Å². The van der Waals surface area contributed by atoms with Gasteiger partial charge in [-0.3, -0.25) is 14.4 Å². The molecule has 11 aromatic carbocycles. The summed E-state index contributed by atoms with van der Waals surface area (Å²) < 4.78 is 0. The van der Waals surface area contributed by atoms with E-state index in [0.29, 0.717) is 0 Å². The summed E-state index contributed by atoms with van der Waals surface area (Å²) in [6, 6.07) is 97.5. The number of thiol groups is 5. The van der Waals surface area contributed by atoms with E-state index in [9.17, 15) is 14.4 Å². The lowest BCUT2D eigenvalue weighted by Gasteiger charge is -2.05. The third-order valence-corrected chi connectivity index (χ3v) is 17.6. The van der Waals surface area contributed by atoms with Gasteiger partial charge in [-0.15, -0.1) is 63.1 Å². The highest BCUT2D eigenvalue weighted by Gasteiger charge is 2.12. The lowest BCUT2D eigenvalue weighted by atomic mass is 10.2. The van der Waals surface area contributed by atoms with Crippen molar-refractivity contribution in [3.05, 3.63) is 348 Å². The zero-order valence-corrected chi connectivity index (χ0v) is 65.7. The molecule has 95 heavy (non-hydrogen) atoms. The van der Waals surface area contributed by atoms with Crippen LogP contribution in [0.2, 0.25) is 0 Å². The molecule has 0 aromatic heterocycles. The molecule has 11 aromatic rings. The van der Waals surface area contributed by atoms with Crippen LogP contribution in [0.4, 0.5) is 0 Å². The molecule has 0 aliphatic rings. The summed E-state index contributed by atoms with van der Waals surface area (Å²) in [5.74, 6) is 0. The van der Waals surface area contributed by atoms with E-state index in [1.54, 1.807) is 0 Å². The molecule has 0 spiro atoms. The number of rotatable bonds is 9. The van der Waals surface area contributed by atoms with Gasteiger partial charge in [-0.1, -0.05) is 317 Å². The Morgan fingerprint density at radius 3 is 0.800 bits per heavy atom. The van der Waals surface area contributed by atoms with Gasteiger partial charge in [-0.2, -0.15) is 0 Å². The summed E-state index contributed by atoms with van der Waals surface area (Å²) in [5, 5.41) is 2.10. The highest BCUT2D eigenvalue weighted by Crippen LogP contribution is 2.29. The van der Waals surface area contributed by atoms with Crippen LogP contribution in [0.5, 0.6) is 0 Å². The minimum atomic E-state index is 0.0824. The lowest BCUT2D eigenvalue weighted by molar-refractivity contribution is 0.108. The van der Waals surface area contributed by atoms with Crippen LogP contribution in [0.1, 0.15) is 107 Å². The van der Waals surface area contributed by atoms with Crippen LogP contribution in [0, 0.1) is 13.8 Å².